The van der Waals surface area contributed by atoms with E-state index in [1.54, 1.807) is 0 Å². The highest BCUT2D eigenvalue weighted by molar-refractivity contribution is 5.93. The minimum absolute atomic E-state index is 0.248. The van der Waals surface area contributed by atoms with Crippen LogP contribution in [0, 0.1) is 12.8 Å². The van der Waals surface area contributed by atoms with Crippen LogP contribution in [0.15, 0.2) is 48.5 Å². The van der Waals surface area contributed by atoms with E-state index in [2.05, 4.69) is 38.6 Å². The van der Waals surface area contributed by atoms with Crippen LogP contribution < -0.4 is 4.90 Å². The Morgan fingerprint density at radius 1 is 0.938 bits per heavy atom. The first-order valence-corrected chi connectivity index (χ1v) is 11.4. The van der Waals surface area contributed by atoms with Crippen molar-refractivity contribution < 1.29 is 4.79 Å². The van der Waals surface area contributed by atoms with Gasteiger partial charge in [-0.3, -0.25) is 4.79 Å². The van der Waals surface area contributed by atoms with Gasteiger partial charge in [0.25, 0.3) is 0 Å². The third-order valence-electron chi connectivity index (χ3n) is 6.94. The quantitative estimate of drug-likeness (QED) is 0.500. The van der Waals surface area contributed by atoms with Crippen molar-refractivity contribution in [3.63, 3.8) is 0 Å². The van der Waals surface area contributed by atoms with E-state index in [1.165, 1.54) is 6.42 Å². The second kappa shape index (κ2) is 7.58. The highest BCUT2D eigenvalue weighted by atomic mass is 16.2. The number of fused-ring (bicyclic) bond motifs is 3. The van der Waals surface area contributed by atoms with Crippen LogP contribution in [0.2, 0.25) is 0 Å². The molecule has 162 valence electrons. The number of hydrogen-bond donors (Lipinski definition) is 0. The third kappa shape index (κ3) is 3.03. The van der Waals surface area contributed by atoms with Crippen LogP contribution in [0.25, 0.3) is 27.9 Å². The second-order valence-corrected chi connectivity index (χ2v) is 8.87. The van der Waals surface area contributed by atoms with Crippen molar-refractivity contribution in [3.05, 3.63) is 54.1 Å². The summed E-state index contributed by atoms with van der Waals surface area (Å²) in [6.45, 7) is 5.06. The van der Waals surface area contributed by atoms with E-state index < -0.39 is 0 Å². The molecule has 0 unspecified atom stereocenters. The topological polar surface area (TPSA) is 66.6 Å². The van der Waals surface area contributed by atoms with Crippen LogP contribution in [-0.2, 0) is 4.79 Å². The third-order valence-corrected chi connectivity index (χ3v) is 6.94. The lowest BCUT2D eigenvalue weighted by atomic mass is 9.84. The van der Waals surface area contributed by atoms with E-state index in [4.69, 9.17) is 4.98 Å². The van der Waals surface area contributed by atoms with Crippen LogP contribution in [-0.4, -0.2) is 56.6 Å². The van der Waals surface area contributed by atoms with Gasteiger partial charge in [0.1, 0.15) is 0 Å². The summed E-state index contributed by atoms with van der Waals surface area (Å²) >= 11 is 0. The minimum atomic E-state index is 0.248. The molecule has 3 heterocycles. The molecule has 1 saturated heterocycles. The van der Waals surface area contributed by atoms with Gasteiger partial charge < -0.3 is 9.80 Å². The van der Waals surface area contributed by atoms with Crippen LogP contribution in [0.5, 0.6) is 0 Å². The summed E-state index contributed by atoms with van der Waals surface area (Å²) in [5, 5.41) is 10.2. The van der Waals surface area contributed by atoms with E-state index in [9.17, 15) is 4.79 Å². The van der Waals surface area contributed by atoms with E-state index in [0.29, 0.717) is 5.91 Å². The molecule has 4 aromatic rings. The van der Waals surface area contributed by atoms with Crippen molar-refractivity contribution >= 4 is 28.4 Å². The number of rotatable bonds is 3. The fourth-order valence-corrected chi connectivity index (χ4v) is 4.82. The summed E-state index contributed by atoms with van der Waals surface area (Å²) < 4.78 is 2.09. The summed E-state index contributed by atoms with van der Waals surface area (Å²) in [6, 6.07) is 16.3. The maximum absolute atomic E-state index is 12.7. The molecule has 32 heavy (non-hydrogen) atoms. The molecule has 0 spiro atoms. The van der Waals surface area contributed by atoms with Gasteiger partial charge in [0.15, 0.2) is 11.5 Å². The van der Waals surface area contributed by atoms with Crippen molar-refractivity contribution in [1.82, 2.24) is 24.5 Å². The fourth-order valence-electron chi connectivity index (χ4n) is 4.82. The number of carbonyl (C=O) groups is 1. The van der Waals surface area contributed by atoms with Crippen LogP contribution in [0.4, 0.5) is 5.95 Å². The molecule has 0 radical (unpaired) electrons. The predicted octanol–water partition coefficient (Wildman–Crippen LogP) is 3.70. The minimum Gasteiger partial charge on any atom is -0.339 e. The Labute approximate surface area is 186 Å². The number of piperazine rings is 1. The molecular formula is C25H26N6O. The van der Waals surface area contributed by atoms with Gasteiger partial charge in [0.05, 0.1) is 5.52 Å². The summed E-state index contributed by atoms with van der Waals surface area (Å²) in [5.74, 6) is 2.23. The second-order valence-electron chi connectivity index (χ2n) is 8.87. The Kier molecular flexibility index (Phi) is 4.56. The molecule has 0 atom stereocenters. The molecule has 2 aromatic heterocycles. The molecule has 2 aliphatic rings. The number of aryl methyl sites for hydroxylation is 1. The van der Waals surface area contributed by atoms with Crippen LogP contribution in [0.3, 0.4) is 0 Å². The summed E-state index contributed by atoms with van der Waals surface area (Å²) in [7, 11) is 0. The molecular weight excluding hydrogens is 400 g/mol. The lowest BCUT2D eigenvalue weighted by Crippen LogP contribution is -2.51. The first kappa shape index (κ1) is 19.2. The van der Waals surface area contributed by atoms with Gasteiger partial charge in [-0.05, 0) is 37.5 Å². The Hall–Kier alpha value is -3.48. The molecule has 0 N–H and O–H groups in total. The molecule has 0 bridgehead atoms. The molecule has 1 amide bonds. The zero-order valence-corrected chi connectivity index (χ0v) is 18.2. The molecule has 1 aliphatic carbocycles. The lowest BCUT2D eigenvalue weighted by Gasteiger charge is -2.38. The Morgan fingerprint density at radius 3 is 2.44 bits per heavy atom. The van der Waals surface area contributed by atoms with E-state index in [0.717, 1.165) is 78.5 Å². The fraction of sp³-hybridized carbons (Fsp3) is 0.360. The maximum atomic E-state index is 12.7. The number of anilines is 1. The van der Waals surface area contributed by atoms with Gasteiger partial charge in [-0.15, -0.1) is 10.2 Å². The van der Waals surface area contributed by atoms with E-state index in [1.807, 2.05) is 41.3 Å². The Bertz CT molecular complexity index is 1320. The molecule has 1 aliphatic heterocycles. The zero-order chi connectivity index (χ0) is 21.7. The smallest absolute Gasteiger partial charge is 0.225 e. The first-order chi connectivity index (χ1) is 15.7. The standard InChI is InChI=1S/C25H26N6O/c1-17-7-2-3-10-19(17)22-27-28-23-20-11-4-5-12-21(20)26-25(31(22)23)30-15-13-29(14-16-30)24(32)18-8-6-9-18/h2-5,7,10-12,18H,6,8-9,13-16H2,1H3. The van der Waals surface area contributed by atoms with Gasteiger partial charge in [0.2, 0.25) is 11.9 Å². The van der Waals surface area contributed by atoms with Crippen molar-refractivity contribution in [1.29, 1.82) is 0 Å². The normalized spacial score (nSPS) is 17.2. The zero-order valence-electron chi connectivity index (χ0n) is 18.2. The van der Waals surface area contributed by atoms with Gasteiger partial charge in [0, 0.05) is 43.0 Å². The molecule has 1 saturated carbocycles. The average molecular weight is 427 g/mol. The largest absolute Gasteiger partial charge is 0.339 e. The summed E-state index contributed by atoms with van der Waals surface area (Å²) in [5.41, 5.74) is 3.93. The number of benzene rings is 2. The molecule has 2 fully saturated rings. The van der Waals surface area contributed by atoms with Crippen LogP contribution >= 0.6 is 0 Å². The van der Waals surface area contributed by atoms with Crippen molar-refractivity contribution in [2.24, 2.45) is 5.92 Å². The van der Waals surface area contributed by atoms with Crippen molar-refractivity contribution in [2.45, 2.75) is 26.2 Å². The summed E-state index contributed by atoms with van der Waals surface area (Å²) in [6.07, 6.45) is 3.28. The monoisotopic (exact) mass is 426 g/mol. The number of hydrogen-bond acceptors (Lipinski definition) is 5. The molecule has 7 nitrogen and oxygen atoms in total. The van der Waals surface area contributed by atoms with Gasteiger partial charge in [-0.1, -0.05) is 42.8 Å². The number of carbonyl (C=O) groups excluding carboxylic acids is 1. The van der Waals surface area contributed by atoms with Crippen molar-refractivity contribution in [2.75, 3.05) is 31.1 Å². The lowest BCUT2D eigenvalue weighted by molar-refractivity contribution is -0.138. The van der Waals surface area contributed by atoms with Gasteiger partial charge in [-0.25, -0.2) is 9.38 Å². The first-order valence-electron chi connectivity index (χ1n) is 11.4. The molecule has 2 aromatic carbocycles. The number of para-hydroxylation sites is 1. The van der Waals surface area contributed by atoms with Gasteiger partial charge in [-0.2, -0.15) is 0 Å². The number of aromatic nitrogens is 4. The van der Waals surface area contributed by atoms with Crippen LogP contribution in [0.1, 0.15) is 24.8 Å². The Balaban J connectivity index is 1.43. The maximum Gasteiger partial charge on any atom is 0.225 e. The van der Waals surface area contributed by atoms with Gasteiger partial charge >= 0.3 is 0 Å². The molecule has 6 rings (SSSR count). The van der Waals surface area contributed by atoms with E-state index >= 15 is 0 Å². The SMILES string of the molecule is Cc1ccccc1-c1nnc2c3ccccc3nc(N3CCN(C(=O)C4CCC4)CC3)n12. The van der Waals surface area contributed by atoms with E-state index in [-0.39, 0.29) is 5.92 Å². The Morgan fingerprint density at radius 2 is 1.69 bits per heavy atom. The highest BCUT2D eigenvalue weighted by Crippen LogP contribution is 2.31. The average Bonchev–Trinajstić information content (AvgIpc) is 3.23. The van der Waals surface area contributed by atoms with Crippen molar-refractivity contribution in [3.8, 4) is 11.4 Å². The number of nitrogens with zero attached hydrogens (tertiary/aromatic N) is 6. The molecule has 7 heteroatoms. The number of amides is 1. The highest BCUT2D eigenvalue weighted by Gasteiger charge is 2.32. The predicted molar refractivity (Wildman–Crippen MR) is 125 cm³/mol. The summed E-state index contributed by atoms with van der Waals surface area (Å²) in [4.78, 5) is 22.1.